The molecule has 1 aromatic carbocycles. The van der Waals surface area contributed by atoms with Gasteiger partial charge in [-0.05, 0) is 31.0 Å². The van der Waals surface area contributed by atoms with Crippen molar-refractivity contribution in [1.82, 2.24) is 9.21 Å². The van der Waals surface area contributed by atoms with Crippen LogP contribution in [-0.4, -0.2) is 49.7 Å². The van der Waals surface area contributed by atoms with Crippen LogP contribution in [0.2, 0.25) is 0 Å². The fourth-order valence-corrected chi connectivity index (χ4v) is 4.67. The minimum absolute atomic E-state index is 0.00659. The molecule has 0 aromatic heterocycles. The van der Waals surface area contributed by atoms with E-state index in [0.29, 0.717) is 37.5 Å². The molecule has 0 atom stereocenters. The number of carbonyl (C=O) groups is 1. The van der Waals surface area contributed by atoms with Gasteiger partial charge in [0.25, 0.3) is 0 Å². The molecule has 0 spiro atoms. The van der Waals surface area contributed by atoms with E-state index in [1.165, 1.54) is 11.2 Å². The zero-order valence-electron chi connectivity index (χ0n) is 12.2. The molecule has 116 valence electrons. The molecule has 0 bridgehead atoms. The number of hydrogen-bond donors (Lipinski definition) is 0. The SMILES string of the molecule is CC(=O)N1CCCN(S(=O)(=O)c2cc(Br)ccc2C)CC1. The Morgan fingerprint density at radius 1 is 1.19 bits per heavy atom. The molecule has 1 aliphatic heterocycles. The van der Waals surface area contributed by atoms with Gasteiger partial charge in [0.1, 0.15) is 0 Å². The second-order valence-electron chi connectivity index (χ2n) is 5.17. The summed E-state index contributed by atoms with van der Waals surface area (Å²) in [6.07, 6.45) is 0.659. The minimum Gasteiger partial charge on any atom is -0.342 e. The largest absolute Gasteiger partial charge is 0.342 e. The van der Waals surface area contributed by atoms with E-state index < -0.39 is 10.0 Å². The van der Waals surface area contributed by atoms with Crippen molar-refractivity contribution in [2.45, 2.75) is 25.2 Å². The van der Waals surface area contributed by atoms with Crippen LogP contribution in [0.15, 0.2) is 27.6 Å². The Labute approximate surface area is 134 Å². The van der Waals surface area contributed by atoms with E-state index in [2.05, 4.69) is 15.9 Å². The molecule has 0 saturated carbocycles. The van der Waals surface area contributed by atoms with Gasteiger partial charge in [0.2, 0.25) is 15.9 Å². The lowest BCUT2D eigenvalue weighted by molar-refractivity contribution is -0.128. The maximum Gasteiger partial charge on any atom is 0.243 e. The lowest BCUT2D eigenvalue weighted by Gasteiger charge is -2.22. The van der Waals surface area contributed by atoms with E-state index in [4.69, 9.17) is 0 Å². The predicted molar refractivity (Wildman–Crippen MR) is 84.5 cm³/mol. The average Bonchev–Trinajstić information content (AvgIpc) is 2.67. The number of sulfonamides is 1. The molecule has 1 aliphatic rings. The second kappa shape index (κ2) is 6.46. The quantitative estimate of drug-likeness (QED) is 0.795. The van der Waals surface area contributed by atoms with E-state index in [1.54, 1.807) is 24.0 Å². The molecule has 1 heterocycles. The number of carbonyl (C=O) groups excluding carboxylic acids is 1. The highest BCUT2D eigenvalue weighted by Crippen LogP contribution is 2.24. The van der Waals surface area contributed by atoms with E-state index >= 15 is 0 Å². The van der Waals surface area contributed by atoms with Gasteiger partial charge in [-0.3, -0.25) is 4.79 Å². The monoisotopic (exact) mass is 374 g/mol. The highest BCUT2D eigenvalue weighted by molar-refractivity contribution is 9.10. The zero-order valence-corrected chi connectivity index (χ0v) is 14.6. The van der Waals surface area contributed by atoms with Crippen LogP contribution in [0.5, 0.6) is 0 Å². The molecular weight excluding hydrogens is 356 g/mol. The van der Waals surface area contributed by atoms with E-state index in [0.717, 1.165) is 10.0 Å². The van der Waals surface area contributed by atoms with Crippen LogP contribution in [0.4, 0.5) is 0 Å². The third-order valence-electron chi connectivity index (χ3n) is 3.67. The van der Waals surface area contributed by atoms with Gasteiger partial charge in [0, 0.05) is 37.6 Å². The Bertz CT molecular complexity index is 646. The van der Waals surface area contributed by atoms with Gasteiger partial charge in [0.05, 0.1) is 4.90 Å². The van der Waals surface area contributed by atoms with Crippen molar-refractivity contribution >= 4 is 31.9 Å². The number of aryl methyl sites for hydroxylation is 1. The number of benzene rings is 1. The fourth-order valence-electron chi connectivity index (χ4n) is 2.44. The summed E-state index contributed by atoms with van der Waals surface area (Å²) in [4.78, 5) is 13.5. The lowest BCUT2D eigenvalue weighted by atomic mass is 10.2. The maximum atomic E-state index is 12.8. The molecular formula is C14H19BrN2O3S. The smallest absolute Gasteiger partial charge is 0.243 e. The normalized spacial score (nSPS) is 17.6. The van der Waals surface area contributed by atoms with Crippen molar-refractivity contribution in [2.75, 3.05) is 26.2 Å². The van der Waals surface area contributed by atoms with Crippen LogP contribution in [0, 0.1) is 6.92 Å². The Hall–Kier alpha value is -0.920. The van der Waals surface area contributed by atoms with Crippen LogP contribution in [0.1, 0.15) is 18.9 Å². The van der Waals surface area contributed by atoms with Crippen molar-refractivity contribution in [3.8, 4) is 0 Å². The third kappa shape index (κ3) is 3.64. The Balaban J connectivity index is 2.27. The first kappa shape index (κ1) is 16.5. The summed E-state index contributed by atoms with van der Waals surface area (Å²) in [5.74, 6) is -0.00659. The van der Waals surface area contributed by atoms with E-state index in [-0.39, 0.29) is 5.91 Å². The second-order valence-corrected chi connectivity index (χ2v) is 8.00. The van der Waals surface area contributed by atoms with Crippen LogP contribution in [0.3, 0.4) is 0 Å². The summed E-state index contributed by atoms with van der Waals surface area (Å²) < 4.78 is 27.8. The molecule has 1 aromatic rings. The van der Waals surface area contributed by atoms with Gasteiger partial charge >= 0.3 is 0 Å². The number of rotatable bonds is 2. The molecule has 7 heteroatoms. The molecule has 5 nitrogen and oxygen atoms in total. The first-order valence-corrected chi connectivity index (χ1v) is 9.07. The Morgan fingerprint density at radius 2 is 1.90 bits per heavy atom. The summed E-state index contributed by atoms with van der Waals surface area (Å²) >= 11 is 3.32. The van der Waals surface area contributed by atoms with Crippen molar-refractivity contribution in [3.63, 3.8) is 0 Å². The standard InChI is InChI=1S/C14H19BrN2O3S/c1-11-4-5-13(15)10-14(11)21(19,20)17-7-3-6-16(8-9-17)12(2)18/h4-5,10H,3,6-9H2,1-2H3. The maximum absolute atomic E-state index is 12.8. The molecule has 0 N–H and O–H groups in total. The highest BCUT2D eigenvalue weighted by atomic mass is 79.9. The summed E-state index contributed by atoms with van der Waals surface area (Å²) in [6, 6.07) is 5.25. The Morgan fingerprint density at radius 3 is 2.57 bits per heavy atom. The third-order valence-corrected chi connectivity index (χ3v) is 6.20. The van der Waals surface area contributed by atoms with Gasteiger partial charge in [-0.25, -0.2) is 8.42 Å². The molecule has 21 heavy (non-hydrogen) atoms. The van der Waals surface area contributed by atoms with Gasteiger partial charge in [0.15, 0.2) is 0 Å². The van der Waals surface area contributed by atoms with Crippen LogP contribution < -0.4 is 0 Å². The van der Waals surface area contributed by atoms with Crippen LogP contribution in [-0.2, 0) is 14.8 Å². The molecule has 2 rings (SSSR count). The van der Waals surface area contributed by atoms with Gasteiger partial charge < -0.3 is 4.90 Å². The molecule has 1 fully saturated rings. The van der Waals surface area contributed by atoms with Crippen LogP contribution in [0.25, 0.3) is 0 Å². The summed E-state index contributed by atoms with van der Waals surface area (Å²) in [7, 11) is -3.52. The minimum atomic E-state index is -3.52. The average molecular weight is 375 g/mol. The van der Waals surface area contributed by atoms with Crippen molar-refractivity contribution in [2.24, 2.45) is 0 Å². The van der Waals surface area contributed by atoms with Crippen molar-refractivity contribution in [3.05, 3.63) is 28.2 Å². The first-order valence-electron chi connectivity index (χ1n) is 6.84. The van der Waals surface area contributed by atoms with E-state index in [9.17, 15) is 13.2 Å². The fraction of sp³-hybridized carbons (Fsp3) is 0.500. The zero-order chi connectivity index (χ0) is 15.6. The molecule has 1 saturated heterocycles. The summed E-state index contributed by atoms with van der Waals surface area (Å²) in [6.45, 7) is 5.15. The highest BCUT2D eigenvalue weighted by Gasteiger charge is 2.28. The van der Waals surface area contributed by atoms with Gasteiger partial charge in [-0.15, -0.1) is 0 Å². The van der Waals surface area contributed by atoms with E-state index in [1.807, 2.05) is 6.07 Å². The molecule has 0 aliphatic carbocycles. The number of amides is 1. The predicted octanol–water partition coefficient (Wildman–Crippen LogP) is 2.00. The number of halogens is 1. The topological polar surface area (TPSA) is 57.7 Å². The summed E-state index contributed by atoms with van der Waals surface area (Å²) in [5.41, 5.74) is 0.728. The number of hydrogen-bond acceptors (Lipinski definition) is 3. The van der Waals surface area contributed by atoms with Gasteiger partial charge in [-0.2, -0.15) is 4.31 Å². The lowest BCUT2D eigenvalue weighted by Crippen LogP contribution is -2.36. The van der Waals surface area contributed by atoms with Gasteiger partial charge in [-0.1, -0.05) is 22.0 Å². The molecule has 1 amide bonds. The molecule has 0 radical (unpaired) electrons. The first-order chi connectivity index (χ1) is 9.82. The van der Waals surface area contributed by atoms with Crippen LogP contribution >= 0.6 is 15.9 Å². The molecule has 0 unspecified atom stereocenters. The van der Waals surface area contributed by atoms with Crippen molar-refractivity contribution < 1.29 is 13.2 Å². The summed E-state index contributed by atoms with van der Waals surface area (Å²) in [5, 5.41) is 0. The van der Waals surface area contributed by atoms with Crippen molar-refractivity contribution in [1.29, 1.82) is 0 Å². The number of nitrogens with zero attached hydrogens (tertiary/aromatic N) is 2. The Kier molecular flexibility index (Phi) is 5.06.